The Bertz CT molecular complexity index is 187. The van der Waals surface area contributed by atoms with Crippen molar-refractivity contribution in [3.63, 3.8) is 0 Å². The fraction of sp³-hybridized carbons (Fsp3) is 1.00. The Morgan fingerprint density at radius 2 is 1.90 bits per heavy atom. The average molecular weight is 174 g/mol. The lowest BCUT2D eigenvalue weighted by atomic mass is 10.2. The first kappa shape index (κ1) is 9.77. The number of alkyl halides is 2. The molecule has 0 unspecified atom stereocenters. The zero-order valence-corrected chi connectivity index (χ0v) is 6.11. The van der Waals surface area contributed by atoms with Gasteiger partial charge in [-0.25, -0.2) is 8.78 Å². The molecule has 0 aliphatic carbocycles. The van der Waals surface area contributed by atoms with Crippen LogP contribution in [0.3, 0.4) is 0 Å². The van der Waals surface area contributed by atoms with E-state index in [0.717, 1.165) is 6.92 Å². The summed E-state index contributed by atoms with van der Waals surface area (Å²) in [5, 5.41) is 0. The summed E-state index contributed by atoms with van der Waals surface area (Å²) in [7, 11) is -4.25. The second-order valence-electron chi connectivity index (χ2n) is 2.06. The van der Waals surface area contributed by atoms with Crippen LogP contribution in [0.15, 0.2) is 0 Å². The van der Waals surface area contributed by atoms with Crippen LogP contribution in [0.25, 0.3) is 0 Å². The van der Waals surface area contributed by atoms with Crippen LogP contribution in [-0.2, 0) is 10.1 Å². The molecule has 0 amide bonds. The van der Waals surface area contributed by atoms with Gasteiger partial charge < -0.3 is 0 Å². The summed E-state index contributed by atoms with van der Waals surface area (Å²) in [5.74, 6) is -2.19. The highest BCUT2D eigenvalue weighted by Gasteiger charge is 2.20. The minimum absolute atomic E-state index is 0.884. The minimum atomic E-state index is -4.25. The van der Waals surface area contributed by atoms with E-state index in [0.29, 0.717) is 0 Å². The molecule has 0 radical (unpaired) electrons. The molecule has 0 aromatic carbocycles. The molecule has 62 valence electrons. The van der Waals surface area contributed by atoms with E-state index in [-0.39, 0.29) is 0 Å². The van der Waals surface area contributed by atoms with Gasteiger partial charge >= 0.3 is 0 Å². The van der Waals surface area contributed by atoms with Crippen LogP contribution in [-0.4, -0.2) is 25.1 Å². The van der Waals surface area contributed by atoms with Gasteiger partial charge in [0, 0.05) is 5.92 Å². The lowest BCUT2D eigenvalue weighted by Crippen LogP contribution is -2.18. The third-order valence-corrected chi connectivity index (χ3v) is 1.85. The number of rotatable bonds is 3. The van der Waals surface area contributed by atoms with Gasteiger partial charge in [0.2, 0.25) is 6.43 Å². The fourth-order valence-electron chi connectivity index (χ4n) is 0.405. The van der Waals surface area contributed by atoms with Crippen LogP contribution >= 0.6 is 0 Å². The zero-order chi connectivity index (χ0) is 8.36. The second kappa shape index (κ2) is 3.25. The molecule has 0 spiro atoms. The van der Waals surface area contributed by atoms with Gasteiger partial charge in [-0.1, -0.05) is 6.92 Å². The van der Waals surface area contributed by atoms with Crippen LogP contribution in [0.1, 0.15) is 6.92 Å². The summed E-state index contributed by atoms with van der Waals surface area (Å²) in [4.78, 5) is 0. The molecule has 6 heteroatoms. The standard InChI is InChI=1S/C4H8F2O3S/c1-3(4(5)6)2-10(7,8)9/h3-4H,2H2,1H3,(H,7,8,9)/t3-/m0/s1. The maximum atomic E-state index is 11.6. The van der Waals surface area contributed by atoms with Crippen molar-refractivity contribution in [3.8, 4) is 0 Å². The molecule has 0 rings (SSSR count). The first-order valence-corrected chi connectivity index (χ1v) is 4.17. The van der Waals surface area contributed by atoms with Gasteiger partial charge in [-0.2, -0.15) is 8.42 Å². The summed E-state index contributed by atoms with van der Waals surface area (Å²) in [6.45, 7) is 1.05. The lowest BCUT2D eigenvalue weighted by molar-refractivity contribution is 0.0960. The van der Waals surface area contributed by atoms with E-state index >= 15 is 0 Å². The quantitative estimate of drug-likeness (QED) is 0.643. The molecule has 0 heterocycles. The van der Waals surface area contributed by atoms with E-state index in [1.165, 1.54) is 0 Å². The Morgan fingerprint density at radius 1 is 1.50 bits per heavy atom. The molecule has 0 aromatic rings. The molecular formula is C4H8F2O3S. The van der Waals surface area contributed by atoms with Crippen LogP contribution in [0.2, 0.25) is 0 Å². The van der Waals surface area contributed by atoms with Gasteiger partial charge in [-0.05, 0) is 0 Å². The lowest BCUT2D eigenvalue weighted by Gasteiger charge is -2.05. The third-order valence-electron chi connectivity index (χ3n) is 0.904. The van der Waals surface area contributed by atoms with Crippen molar-refractivity contribution >= 4 is 10.1 Å². The van der Waals surface area contributed by atoms with Crippen molar-refractivity contribution in [2.75, 3.05) is 5.75 Å². The second-order valence-corrected chi connectivity index (χ2v) is 3.56. The van der Waals surface area contributed by atoms with E-state index in [1.54, 1.807) is 0 Å². The van der Waals surface area contributed by atoms with Crippen LogP contribution in [0.4, 0.5) is 8.78 Å². The Labute approximate surface area is 57.8 Å². The van der Waals surface area contributed by atoms with E-state index in [4.69, 9.17) is 4.55 Å². The summed E-state index contributed by atoms with van der Waals surface area (Å²) >= 11 is 0. The number of hydrogen-bond acceptors (Lipinski definition) is 2. The van der Waals surface area contributed by atoms with Crippen molar-refractivity contribution in [1.82, 2.24) is 0 Å². The highest BCUT2D eigenvalue weighted by atomic mass is 32.2. The van der Waals surface area contributed by atoms with Gasteiger partial charge in [0.05, 0.1) is 5.75 Å². The van der Waals surface area contributed by atoms with Gasteiger partial charge in [0.25, 0.3) is 10.1 Å². The van der Waals surface area contributed by atoms with E-state index in [9.17, 15) is 17.2 Å². The SMILES string of the molecule is C[C@@H](CS(=O)(=O)O)C(F)F. The van der Waals surface area contributed by atoms with Crippen LogP contribution in [0, 0.1) is 5.92 Å². The van der Waals surface area contributed by atoms with Gasteiger partial charge in [0.15, 0.2) is 0 Å². The van der Waals surface area contributed by atoms with Crippen molar-refractivity contribution < 1.29 is 21.8 Å². The van der Waals surface area contributed by atoms with E-state index in [2.05, 4.69) is 0 Å². The Hall–Kier alpha value is -0.230. The van der Waals surface area contributed by atoms with Crippen molar-refractivity contribution in [3.05, 3.63) is 0 Å². The summed E-state index contributed by atoms with van der Waals surface area (Å²) < 4.78 is 51.2. The molecule has 0 saturated carbocycles. The molecule has 0 aliphatic rings. The topological polar surface area (TPSA) is 54.4 Å². The molecule has 1 N–H and O–H groups in total. The first-order valence-electron chi connectivity index (χ1n) is 2.56. The predicted molar refractivity (Wildman–Crippen MR) is 31.6 cm³/mol. The fourth-order valence-corrected chi connectivity index (χ4v) is 1.21. The molecule has 10 heavy (non-hydrogen) atoms. The monoisotopic (exact) mass is 174 g/mol. The van der Waals surface area contributed by atoms with Gasteiger partial charge in [-0.3, -0.25) is 4.55 Å². The summed E-state index contributed by atoms with van der Waals surface area (Å²) in [5.41, 5.74) is 0. The van der Waals surface area contributed by atoms with Crippen molar-refractivity contribution in [2.24, 2.45) is 5.92 Å². The maximum Gasteiger partial charge on any atom is 0.265 e. The zero-order valence-electron chi connectivity index (χ0n) is 5.29. The maximum absolute atomic E-state index is 11.6. The van der Waals surface area contributed by atoms with Crippen LogP contribution < -0.4 is 0 Å². The highest BCUT2D eigenvalue weighted by Crippen LogP contribution is 2.10. The van der Waals surface area contributed by atoms with Gasteiger partial charge in [-0.15, -0.1) is 0 Å². The smallest absolute Gasteiger partial charge is 0.265 e. The van der Waals surface area contributed by atoms with E-state index in [1.807, 2.05) is 0 Å². The van der Waals surface area contributed by atoms with Crippen molar-refractivity contribution in [1.29, 1.82) is 0 Å². The molecule has 0 saturated heterocycles. The average Bonchev–Trinajstić information content (AvgIpc) is 1.60. The summed E-state index contributed by atoms with van der Waals surface area (Å²) in [6.07, 6.45) is -2.71. The molecule has 1 atom stereocenters. The van der Waals surface area contributed by atoms with Crippen LogP contribution in [0.5, 0.6) is 0 Å². The Balaban J connectivity index is 3.93. The Kier molecular flexibility index (Phi) is 3.17. The minimum Gasteiger partial charge on any atom is -0.286 e. The van der Waals surface area contributed by atoms with Crippen molar-refractivity contribution in [2.45, 2.75) is 13.3 Å². The molecule has 0 fully saturated rings. The largest absolute Gasteiger partial charge is 0.286 e. The molecular weight excluding hydrogens is 166 g/mol. The predicted octanol–water partition coefficient (Wildman–Crippen LogP) is 0.775. The molecule has 0 aromatic heterocycles. The highest BCUT2D eigenvalue weighted by molar-refractivity contribution is 7.85. The molecule has 3 nitrogen and oxygen atoms in total. The molecule has 0 bridgehead atoms. The normalized spacial score (nSPS) is 15.7. The van der Waals surface area contributed by atoms with Gasteiger partial charge in [0.1, 0.15) is 0 Å². The summed E-state index contributed by atoms with van der Waals surface area (Å²) in [6, 6.07) is 0. The number of hydrogen-bond donors (Lipinski definition) is 1. The third kappa shape index (κ3) is 4.63. The van der Waals surface area contributed by atoms with E-state index < -0.39 is 28.2 Å². The number of halogens is 2. The molecule has 0 aliphatic heterocycles. The Morgan fingerprint density at radius 3 is 2.00 bits per heavy atom. The first-order chi connectivity index (χ1) is 4.33.